The monoisotopic (exact) mass is 239 g/mol. The van der Waals surface area contributed by atoms with Crippen LogP contribution in [0, 0.1) is 10.8 Å². The summed E-state index contributed by atoms with van der Waals surface area (Å²) in [4.78, 5) is 2.66. The molecule has 1 aromatic heterocycles. The van der Waals surface area contributed by atoms with E-state index in [1.54, 1.807) is 12.1 Å². The molecule has 3 nitrogen and oxygen atoms in total. The molecule has 1 aromatic rings. The van der Waals surface area contributed by atoms with Gasteiger partial charge in [-0.1, -0.05) is 0 Å². The van der Waals surface area contributed by atoms with Crippen LogP contribution in [0.4, 0.5) is 5.69 Å². The molecule has 0 saturated carbocycles. The number of rotatable bonds is 0. The molecular formula is C5H5MoN2OS-. The second-order valence-electron chi connectivity index (χ2n) is 1.39. The zero-order valence-electron chi connectivity index (χ0n) is 4.96. The van der Waals surface area contributed by atoms with E-state index in [1.165, 1.54) is 0 Å². The van der Waals surface area contributed by atoms with Crippen LogP contribution in [0.3, 0.4) is 0 Å². The summed E-state index contributed by atoms with van der Waals surface area (Å²) in [6.45, 7) is 0. The second-order valence-corrected chi connectivity index (χ2v) is 1.80. The Hall–Kier alpha value is -0.342. The molecule has 5 heteroatoms. The van der Waals surface area contributed by atoms with Crippen LogP contribution in [-0.4, -0.2) is 4.98 Å². The van der Waals surface area contributed by atoms with Gasteiger partial charge >= 0.3 is 23.2 Å². The number of H-pyrrole nitrogens is 1. The number of nitrogens with two attached hydrogens (primary N) is 1. The molecule has 3 N–H and O–H groups in total. The van der Waals surface area contributed by atoms with E-state index in [-0.39, 0.29) is 0 Å². The van der Waals surface area contributed by atoms with Crippen molar-refractivity contribution in [2.75, 3.05) is 5.73 Å². The quantitative estimate of drug-likeness (QED) is 0.402. The predicted octanol–water partition coefficient (Wildman–Crippen LogP) is 1.01. The summed E-state index contributed by atoms with van der Waals surface area (Å²) in [5, 5.41) is 0. The number of nitrogen functional groups attached to an aromatic ring is 1. The topological polar surface area (TPSA) is 58.9 Å². The minimum atomic E-state index is 0.549. The normalized spacial score (nSPS) is 7.60. The molecule has 0 aromatic carbocycles. The van der Waals surface area contributed by atoms with Crippen molar-refractivity contribution < 1.29 is 23.2 Å². The van der Waals surface area contributed by atoms with Gasteiger partial charge in [0, 0.05) is 4.64 Å². The first kappa shape index (κ1) is 9.66. The van der Waals surface area contributed by atoms with Crippen LogP contribution >= 0.6 is 12.2 Å². The van der Waals surface area contributed by atoms with Gasteiger partial charge in [0.1, 0.15) is 0 Å². The Labute approximate surface area is 74.9 Å². The summed E-state index contributed by atoms with van der Waals surface area (Å²) >= 11 is 5.44. The van der Waals surface area contributed by atoms with E-state index in [9.17, 15) is 0 Å². The molecule has 0 radical (unpaired) electrons. The maximum absolute atomic E-state index is 8.26. The fourth-order valence-corrected chi connectivity index (χ4v) is 0.513. The van der Waals surface area contributed by atoms with Gasteiger partial charge in [-0.05, 0) is 5.69 Å². The van der Waals surface area contributed by atoms with Crippen molar-refractivity contribution in [2.45, 2.75) is 0 Å². The summed E-state index contributed by atoms with van der Waals surface area (Å²) in [5.74, 6) is 0. The standard InChI is InChI=1S/C5H5N2S.Mo.O/c6-4-2-1-3-7-5(4)8;;/h1-2H,6H2,(H,7,8);;/q-1;;. The van der Waals surface area contributed by atoms with Crippen LogP contribution in [0.15, 0.2) is 12.1 Å². The molecule has 0 saturated heterocycles. The van der Waals surface area contributed by atoms with Gasteiger partial charge in [-0.2, -0.15) is 6.07 Å². The van der Waals surface area contributed by atoms with Crippen molar-refractivity contribution in [1.29, 1.82) is 0 Å². The second kappa shape index (κ2) is 5.44. The van der Waals surface area contributed by atoms with Gasteiger partial charge in [0.15, 0.2) is 0 Å². The Bertz CT molecular complexity index is 249. The molecule has 0 aliphatic heterocycles. The summed E-state index contributed by atoms with van der Waals surface area (Å²) in [6.07, 6.45) is 2.69. The maximum atomic E-state index is 8.26. The van der Waals surface area contributed by atoms with Crippen LogP contribution in [0.2, 0.25) is 0 Å². The van der Waals surface area contributed by atoms with Crippen LogP contribution in [0.5, 0.6) is 0 Å². The first-order valence-electron chi connectivity index (χ1n) is 2.32. The number of aromatic nitrogens is 1. The van der Waals surface area contributed by atoms with Gasteiger partial charge in [-0.15, -0.1) is 24.5 Å². The van der Waals surface area contributed by atoms with Crippen molar-refractivity contribution in [3.8, 4) is 0 Å². The summed E-state index contributed by atoms with van der Waals surface area (Å²) < 4.78 is 8.81. The number of anilines is 1. The fraction of sp³-hybridized carbons (Fsp3) is 0. The van der Waals surface area contributed by atoms with E-state index < -0.39 is 0 Å². The van der Waals surface area contributed by atoms with E-state index in [4.69, 9.17) is 21.3 Å². The summed E-state index contributed by atoms with van der Waals surface area (Å²) in [5.41, 5.74) is 5.96. The van der Waals surface area contributed by atoms with Gasteiger partial charge in [0.05, 0.1) is 0 Å². The Morgan fingerprint density at radius 1 is 1.70 bits per heavy atom. The minimum absolute atomic E-state index is 0.549. The van der Waals surface area contributed by atoms with Crippen molar-refractivity contribution in [3.63, 3.8) is 0 Å². The molecule has 0 aliphatic carbocycles. The van der Waals surface area contributed by atoms with E-state index >= 15 is 0 Å². The van der Waals surface area contributed by atoms with Gasteiger partial charge in [0.2, 0.25) is 0 Å². The van der Waals surface area contributed by atoms with Gasteiger partial charge in [-0.3, -0.25) is 0 Å². The van der Waals surface area contributed by atoms with Crippen LogP contribution in [-0.2, 0) is 23.2 Å². The molecular weight excluding hydrogens is 232 g/mol. The van der Waals surface area contributed by atoms with E-state index in [1.807, 2.05) is 0 Å². The Balaban J connectivity index is 0.000000371. The van der Waals surface area contributed by atoms with Crippen LogP contribution in [0.25, 0.3) is 0 Å². The van der Waals surface area contributed by atoms with Crippen molar-refractivity contribution in [2.24, 2.45) is 0 Å². The SMILES string of the molecule is Nc1cc[c-][nH]c1=S.[O]=[Mo]. The molecule has 54 valence electrons. The number of nitrogens with one attached hydrogen (secondary N) is 1. The van der Waals surface area contributed by atoms with Crippen LogP contribution < -0.4 is 5.73 Å². The third-order valence-electron chi connectivity index (χ3n) is 0.794. The Morgan fingerprint density at radius 2 is 2.30 bits per heavy atom. The first-order valence-corrected chi connectivity index (χ1v) is 3.55. The number of pyridine rings is 1. The third-order valence-corrected chi connectivity index (χ3v) is 1.13. The summed E-state index contributed by atoms with van der Waals surface area (Å²) in [7, 11) is 0. The van der Waals surface area contributed by atoms with Gasteiger partial charge < -0.3 is 10.7 Å². The zero-order valence-corrected chi connectivity index (χ0v) is 7.78. The predicted molar refractivity (Wildman–Crippen MR) is 35.6 cm³/mol. The molecule has 10 heavy (non-hydrogen) atoms. The third kappa shape index (κ3) is 2.99. The van der Waals surface area contributed by atoms with E-state index in [0.717, 1.165) is 0 Å². The molecule has 0 bridgehead atoms. The molecule has 0 amide bonds. The molecule has 1 rings (SSSR count). The van der Waals surface area contributed by atoms with E-state index in [2.05, 4.69) is 11.2 Å². The fourth-order valence-electron chi connectivity index (χ4n) is 0.387. The molecule has 0 fully saturated rings. The van der Waals surface area contributed by atoms with Gasteiger partial charge in [-0.25, -0.2) is 0 Å². The number of aromatic amines is 1. The van der Waals surface area contributed by atoms with Crippen LogP contribution in [0.1, 0.15) is 0 Å². The first-order chi connectivity index (χ1) is 4.80. The van der Waals surface area contributed by atoms with Gasteiger partial charge in [0.25, 0.3) is 0 Å². The molecule has 0 atom stereocenters. The van der Waals surface area contributed by atoms with E-state index in [0.29, 0.717) is 30.1 Å². The molecule has 1 heterocycles. The van der Waals surface area contributed by atoms with Crippen molar-refractivity contribution in [3.05, 3.63) is 23.0 Å². The van der Waals surface area contributed by atoms with Crippen molar-refractivity contribution in [1.82, 2.24) is 4.98 Å². The molecule has 0 spiro atoms. The summed E-state index contributed by atoms with van der Waals surface area (Å²) in [6, 6.07) is 3.39. The Kier molecular flexibility index (Phi) is 5.26. The average molecular weight is 237 g/mol. The van der Waals surface area contributed by atoms with Crippen molar-refractivity contribution >= 4 is 17.9 Å². The zero-order chi connectivity index (χ0) is 7.98. The Morgan fingerprint density at radius 3 is 2.60 bits per heavy atom. The average Bonchev–Trinajstić information content (AvgIpc) is 2.00. The molecule has 0 aliphatic rings. The number of hydrogen-bond acceptors (Lipinski definition) is 3. The number of hydrogen-bond donors (Lipinski definition) is 2. The molecule has 0 unspecified atom stereocenters.